The lowest BCUT2D eigenvalue weighted by molar-refractivity contribution is -0.0785. The average Bonchev–Trinajstić information content (AvgIpc) is 2.40. The molecular formula is C13H18FNO. The van der Waals surface area contributed by atoms with Crippen LogP contribution in [0.2, 0.25) is 0 Å². The van der Waals surface area contributed by atoms with Gasteiger partial charge in [-0.1, -0.05) is 12.1 Å². The first-order valence-electron chi connectivity index (χ1n) is 5.58. The van der Waals surface area contributed by atoms with Crippen LogP contribution in [0.5, 0.6) is 0 Å². The zero-order chi connectivity index (χ0) is 11.8. The summed E-state index contributed by atoms with van der Waals surface area (Å²) in [5.41, 5.74) is 0.409. The minimum Gasteiger partial charge on any atom is -0.353 e. The Balaban J connectivity index is 2.10. The molecule has 1 unspecified atom stereocenters. The maximum absolute atomic E-state index is 13.1. The third kappa shape index (κ3) is 2.60. The van der Waals surface area contributed by atoms with Crippen molar-refractivity contribution in [2.24, 2.45) is 0 Å². The van der Waals surface area contributed by atoms with Gasteiger partial charge in [0.2, 0.25) is 0 Å². The predicted octanol–water partition coefficient (Wildman–Crippen LogP) is 2.48. The molecule has 0 aromatic heterocycles. The first-order chi connectivity index (χ1) is 7.39. The van der Waals surface area contributed by atoms with Gasteiger partial charge in [-0.2, -0.15) is 0 Å². The first kappa shape index (κ1) is 11.6. The Labute approximate surface area is 95.8 Å². The number of hydrogen-bond donors (Lipinski definition) is 1. The maximum atomic E-state index is 13.1. The van der Waals surface area contributed by atoms with Gasteiger partial charge in [0.05, 0.1) is 5.60 Å². The third-order valence-electron chi connectivity index (χ3n) is 2.82. The molecule has 1 saturated heterocycles. The van der Waals surface area contributed by atoms with Gasteiger partial charge in [0.25, 0.3) is 0 Å². The van der Waals surface area contributed by atoms with Crippen molar-refractivity contribution in [3.05, 3.63) is 35.6 Å². The largest absolute Gasteiger partial charge is 0.353 e. The topological polar surface area (TPSA) is 21.3 Å². The monoisotopic (exact) mass is 223 g/mol. The second kappa shape index (κ2) is 3.82. The molecule has 88 valence electrons. The quantitative estimate of drug-likeness (QED) is 0.831. The summed E-state index contributed by atoms with van der Waals surface area (Å²) >= 11 is 0. The lowest BCUT2D eigenvalue weighted by Gasteiger charge is -2.27. The number of hydrogen-bond acceptors (Lipinski definition) is 2. The summed E-state index contributed by atoms with van der Waals surface area (Å²) < 4.78 is 19.0. The van der Waals surface area contributed by atoms with Crippen molar-refractivity contribution in [3.63, 3.8) is 0 Å². The SMILES string of the molecule is CC1(C)CNC(C)(Cc2cccc(F)c2)O1. The molecule has 1 atom stereocenters. The van der Waals surface area contributed by atoms with Gasteiger partial charge >= 0.3 is 0 Å². The molecule has 3 heteroatoms. The van der Waals surface area contributed by atoms with E-state index in [1.54, 1.807) is 12.1 Å². The van der Waals surface area contributed by atoms with Crippen molar-refractivity contribution < 1.29 is 9.13 Å². The van der Waals surface area contributed by atoms with Crippen molar-refractivity contribution in [2.45, 2.75) is 38.5 Å². The van der Waals surface area contributed by atoms with Crippen LogP contribution in [0.25, 0.3) is 0 Å². The normalized spacial score (nSPS) is 28.2. The van der Waals surface area contributed by atoms with Crippen molar-refractivity contribution in [2.75, 3.05) is 6.54 Å². The molecule has 0 amide bonds. The number of benzene rings is 1. The summed E-state index contributed by atoms with van der Waals surface area (Å²) in [7, 11) is 0. The molecule has 2 rings (SSSR count). The summed E-state index contributed by atoms with van der Waals surface area (Å²) in [4.78, 5) is 0. The molecule has 1 aliphatic heterocycles. The molecule has 1 aliphatic rings. The smallest absolute Gasteiger partial charge is 0.123 e. The van der Waals surface area contributed by atoms with Gasteiger partial charge in [-0.15, -0.1) is 0 Å². The Morgan fingerprint density at radius 2 is 2.12 bits per heavy atom. The van der Waals surface area contributed by atoms with Gasteiger partial charge in [0.15, 0.2) is 0 Å². The molecule has 1 aromatic carbocycles. The van der Waals surface area contributed by atoms with Gasteiger partial charge in [-0.3, -0.25) is 5.32 Å². The van der Waals surface area contributed by atoms with E-state index in [0.717, 1.165) is 12.1 Å². The lowest BCUT2D eigenvalue weighted by Crippen LogP contribution is -2.40. The second-order valence-electron chi connectivity index (χ2n) is 5.25. The predicted molar refractivity (Wildman–Crippen MR) is 61.7 cm³/mol. The Morgan fingerprint density at radius 3 is 2.69 bits per heavy atom. The third-order valence-corrected chi connectivity index (χ3v) is 2.82. The van der Waals surface area contributed by atoms with Crippen LogP contribution in [0.1, 0.15) is 26.3 Å². The fourth-order valence-corrected chi connectivity index (χ4v) is 2.22. The lowest BCUT2D eigenvalue weighted by atomic mass is 10.0. The van der Waals surface area contributed by atoms with Gasteiger partial charge in [0, 0.05) is 13.0 Å². The second-order valence-corrected chi connectivity index (χ2v) is 5.25. The highest BCUT2D eigenvalue weighted by Gasteiger charge is 2.40. The van der Waals surface area contributed by atoms with E-state index in [2.05, 4.69) is 19.2 Å². The molecule has 16 heavy (non-hydrogen) atoms. The van der Waals surface area contributed by atoms with Gasteiger partial charge in [0.1, 0.15) is 11.5 Å². The molecule has 0 aliphatic carbocycles. The van der Waals surface area contributed by atoms with Crippen LogP contribution in [0.4, 0.5) is 4.39 Å². The van der Waals surface area contributed by atoms with E-state index in [1.807, 2.05) is 13.0 Å². The van der Waals surface area contributed by atoms with Crippen molar-refractivity contribution in [1.29, 1.82) is 0 Å². The molecular weight excluding hydrogens is 205 g/mol. The Morgan fingerprint density at radius 1 is 1.38 bits per heavy atom. The van der Waals surface area contributed by atoms with Crippen molar-refractivity contribution in [1.82, 2.24) is 5.32 Å². The minimum atomic E-state index is -0.392. The standard InChI is InChI=1S/C13H18FNO/c1-12(2)9-15-13(3,16-12)8-10-5-4-6-11(14)7-10/h4-7,15H,8-9H2,1-3H3. The molecule has 0 saturated carbocycles. The van der Waals surface area contributed by atoms with Crippen LogP contribution in [0, 0.1) is 5.82 Å². The first-order valence-corrected chi connectivity index (χ1v) is 5.58. The molecule has 1 N–H and O–H groups in total. The molecule has 1 heterocycles. The molecule has 0 radical (unpaired) electrons. The van der Waals surface area contributed by atoms with Crippen molar-refractivity contribution >= 4 is 0 Å². The van der Waals surface area contributed by atoms with Gasteiger partial charge in [-0.05, 0) is 38.5 Å². The molecule has 2 nitrogen and oxygen atoms in total. The zero-order valence-electron chi connectivity index (χ0n) is 10.0. The number of nitrogens with one attached hydrogen (secondary N) is 1. The molecule has 0 bridgehead atoms. The summed E-state index contributed by atoms with van der Waals surface area (Å²) in [5, 5.41) is 3.35. The van der Waals surface area contributed by atoms with Crippen LogP contribution in [0.3, 0.4) is 0 Å². The highest BCUT2D eigenvalue weighted by atomic mass is 19.1. The highest BCUT2D eigenvalue weighted by Crippen LogP contribution is 2.28. The Bertz CT molecular complexity index is 391. The Kier molecular flexibility index (Phi) is 2.76. The Hall–Kier alpha value is -0.930. The van der Waals surface area contributed by atoms with E-state index in [4.69, 9.17) is 4.74 Å². The number of rotatable bonds is 2. The van der Waals surface area contributed by atoms with E-state index in [0.29, 0.717) is 6.42 Å². The van der Waals surface area contributed by atoms with E-state index < -0.39 is 5.72 Å². The fourth-order valence-electron chi connectivity index (χ4n) is 2.22. The van der Waals surface area contributed by atoms with Gasteiger partial charge < -0.3 is 4.74 Å². The summed E-state index contributed by atoms with van der Waals surface area (Å²) in [5.74, 6) is -0.196. The minimum absolute atomic E-state index is 0.151. The molecule has 1 fully saturated rings. The summed E-state index contributed by atoms with van der Waals surface area (Å²) in [6.45, 7) is 6.93. The van der Waals surface area contributed by atoms with Crippen LogP contribution < -0.4 is 5.32 Å². The van der Waals surface area contributed by atoms with Crippen LogP contribution in [-0.2, 0) is 11.2 Å². The molecule has 1 aromatic rings. The number of ether oxygens (including phenoxy) is 1. The molecule has 0 spiro atoms. The van der Waals surface area contributed by atoms with E-state index in [1.165, 1.54) is 6.07 Å². The van der Waals surface area contributed by atoms with E-state index in [-0.39, 0.29) is 11.4 Å². The zero-order valence-corrected chi connectivity index (χ0v) is 10.0. The van der Waals surface area contributed by atoms with Crippen molar-refractivity contribution in [3.8, 4) is 0 Å². The van der Waals surface area contributed by atoms with Gasteiger partial charge in [-0.25, -0.2) is 4.39 Å². The highest BCUT2D eigenvalue weighted by molar-refractivity contribution is 5.18. The van der Waals surface area contributed by atoms with Crippen LogP contribution >= 0.6 is 0 Å². The van der Waals surface area contributed by atoms with E-state index >= 15 is 0 Å². The number of halogens is 1. The average molecular weight is 223 g/mol. The summed E-state index contributed by atoms with van der Waals surface area (Å²) in [6, 6.07) is 6.67. The maximum Gasteiger partial charge on any atom is 0.123 e. The van der Waals surface area contributed by atoms with E-state index in [9.17, 15) is 4.39 Å². The fraction of sp³-hybridized carbons (Fsp3) is 0.538. The summed E-state index contributed by atoms with van der Waals surface area (Å²) in [6.07, 6.45) is 0.675. The van der Waals surface area contributed by atoms with Crippen LogP contribution in [-0.4, -0.2) is 17.9 Å². The van der Waals surface area contributed by atoms with Crippen LogP contribution in [0.15, 0.2) is 24.3 Å².